The quantitative estimate of drug-likeness (QED) is 0.106. The van der Waals surface area contributed by atoms with Crippen LogP contribution in [0.1, 0.15) is 227 Å². The highest BCUT2D eigenvalue weighted by molar-refractivity contribution is 5.79. The van der Waals surface area contributed by atoms with E-state index in [2.05, 4.69) is 77.7 Å². The van der Waals surface area contributed by atoms with Gasteiger partial charge < -0.3 is 19.8 Å². The van der Waals surface area contributed by atoms with E-state index in [-0.39, 0.29) is 132 Å². The van der Waals surface area contributed by atoms with Gasteiger partial charge in [0.25, 0.3) is 0 Å². The van der Waals surface area contributed by atoms with E-state index >= 15 is 0 Å². The van der Waals surface area contributed by atoms with Crippen molar-refractivity contribution in [2.75, 3.05) is 13.0 Å². The first kappa shape index (κ1) is 51.1. The fourth-order valence-corrected chi connectivity index (χ4v) is 13.1. The van der Waals surface area contributed by atoms with E-state index in [1.54, 1.807) is 0 Å². The number of rotatable bonds is 16. The third-order valence-electron chi connectivity index (χ3n) is 17.1. The van der Waals surface area contributed by atoms with Gasteiger partial charge in [-0.15, -0.1) is 20.4 Å². The summed E-state index contributed by atoms with van der Waals surface area (Å²) in [6.45, 7) is 9.19. The van der Waals surface area contributed by atoms with Crippen LogP contribution in [-0.2, 0) is 9.59 Å². The Morgan fingerprint density at radius 3 is 1.17 bits per heavy atom. The van der Waals surface area contributed by atoms with Gasteiger partial charge in [0.15, 0.2) is 0 Å². The highest BCUT2D eigenvalue weighted by Crippen LogP contribution is 2.45. The number of aryl methyl sites for hydroxylation is 2. The van der Waals surface area contributed by atoms with Crippen molar-refractivity contribution in [3.8, 4) is 0 Å². The average Bonchev–Trinajstić information content (AvgIpc) is 4.23. The van der Waals surface area contributed by atoms with Gasteiger partial charge >= 0.3 is 0 Å². The summed E-state index contributed by atoms with van der Waals surface area (Å²) in [6.07, 6.45) is 6.88. The summed E-state index contributed by atoms with van der Waals surface area (Å²) in [5, 5.41) is 23.6. The van der Waals surface area contributed by atoms with Crippen molar-refractivity contribution in [3.63, 3.8) is 0 Å². The molecule has 6 heterocycles. The predicted octanol–water partition coefficient (Wildman–Crippen LogP) is 12.5. The fraction of sp³-hybridized carbons (Fsp3) is 0.695. The van der Waals surface area contributed by atoms with Gasteiger partial charge in [-0.3, -0.25) is 19.4 Å². The summed E-state index contributed by atoms with van der Waals surface area (Å²) in [4.78, 5) is 30.5. The van der Waals surface area contributed by atoms with Crippen LogP contribution in [0.25, 0.3) is 0 Å². The van der Waals surface area contributed by atoms with Crippen LogP contribution in [0.5, 0.6) is 0 Å². The molecule has 0 radical (unpaired) electrons. The smallest absolute Gasteiger partial charge is 0.248 e. The van der Waals surface area contributed by atoms with Crippen molar-refractivity contribution in [1.82, 2.24) is 50.0 Å². The Bertz CT molecular complexity index is 2450. The number of nitrogens with one attached hydrogen (secondary N) is 2. The molecular formula is C59H86F4N10O2. The van der Waals surface area contributed by atoms with Crippen molar-refractivity contribution in [3.05, 3.63) is 95.1 Å². The molecule has 75 heavy (non-hydrogen) atoms. The number of nitrogens with zero attached hydrogens (tertiary/aromatic N) is 8. The zero-order valence-corrected chi connectivity index (χ0v) is 44.3. The number of alkyl halides is 4. The van der Waals surface area contributed by atoms with E-state index in [4.69, 9.17) is 0 Å². The van der Waals surface area contributed by atoms with Crippen molar-refractivity contribution in [2.45, 2.75) is 237 Å². The summed E-state index contributed by atoms with van der Waals surface area (Å²) < 4.78 is 96.2. The lowest BCUT2D eigenvalue weighted by molar-refractivity contribution is -0.131. The Morgan fingerprint density at radius 2 is 0.867 bits per heavy atom. The number of piperidine rings is 2. The van der Waals surface area contributed by atoms with Crippen molar-refractivity contribution >= 4 is 11.8 Å². The topological polar surface area (TPSA) is 126 Å². The molecule has 6 atom stereocenters. The second kappa shape index (κ2) is 24.3. The molecule has 2 aliphatic carbocycles. The fourth-order valence-electron chi connectivity index (χ4n) is 13.1. The molecule has 4 saturated heterocycles. The molecule has 2 saturated carbocycles. The maximum absolute atomic E-state index is 13.7. The Hall–Kier alpha value is -4.70. The molecule has 4 aromatic rings. The summed E-state index contributed by atoms with van der Waals surface area (Å²) in [7, 11) is 0. The molecule has 0 spiro atoms. The normalized spacial score (nSPS) is 27.7. The molecule has 12 nitrogen and oxygen atoms in total. The minimum Gasteiger partial charge on any atom is -0.349 e. The number of aromatic nitrogens is 6. The van der Waals surface area contributed by atoms with Gasteiger partial charge in [0.1, 0.15) is 23.3 Å². The van der Waals surface area contributed by atoms with Gasteiger partial charge in [0.05, 0.1) is 12.1 Å². The van der Waals surface area contributed by atoms with Gasteiger partial charge in [0.2, 0.25) is 23.7 Å². The molecule has 4 bridgehead atoms. The molecule has 2 amide bonds. The molecule has 4 aliphatic heterocycles. The molecule has 412 valence electrons. The Labute approximate surface area is 449 Å². The minimum absolute atomic E-state index is 0. The monoisotopic (exact) mass is 1050 g/mol. The minimum atomic E-state index is -2.69. The van der Waals surface area contributed by atoms with Gasteiger partial charge in [-0.1, -0.05) is 95.8 Å². The lowest BCUT2D eigenvalue weighted by Gasteiger charge is -2.40. The van der Waals surface area contributed by atoms with E-state index in [1.807, 2.05) is 74.5 Å². The maximum Gasteiger partial charge on any atom is 0.248 e. The van der Waals surface area contributed by atoms with Crippen LogP contribution in [0.3, 0.4) is 0 Å². The number of carbonyl (C=O) groups is 2. The third-order valence-corrected chi connectivity index (χ3v) is 17.1. The zero-order valence-electron chi connectivity index (χ0n) is 48.3. The summed E-state index contributed by atoms with van der Waals surface area (Å²) >= 11 is 0. The highest BCUT2D eigenvalue weighted by atomic mass is 19.3. The van der Waals surface area contributed by atoms with Crippen molar-refractivity contribution in [1.29, 1.82) is 0 Å². The van der Waals surface area contributed by atoms with E-state index in [1.165, 1.54) is 0 Å². The summed E-state index contributed by atoms with van der Waals surface area (Å²) in [6, 6.07) is 18.7. The number of benzene rings is 2. The second-order valence-corrected chi connectivity index (χ2v) is 23.0. The van der Waals surface area contributed by atoms with Crippen molar-refractivity contribution < 1.29 is 32.6 Å². The largest absolute Gasteiger partial charge is 0.349 e. The van der Waals surface area contributed by atoms with Crippen molar-refractivity contribution in [2.24, 2.45) is 11.8 Å². The zero-order chi connectivity index (χ0) is 55.9. The third kappa shape index (κ3) is 13.4. The van der Waals surface area contributed by atoms with Crippen LogP contribution in [-0.4, -0.2) is 100 Å². The number of amides is 2. The lowest BCUT2D eigenvalue weighted by atomic mass is 9.86. The van der Waals surface area contributed by atoms with E-state index in [0.717, 1.165) is 85.8 Å². The highest BCUT2D eigenvalue weighted by Gasteiger charge is 2.45. The molecule has 2 N–H and O–H groups in total. The molecule has 6 aliphatic rings. The molecule has 16 heteroatoms. The Morgan fingerprint density at radius 1 is 0.547 bits per heavy atom. The first-order chi connectivity index (χ1) is 36.9. The molecule has 10 rings (SSSR count). The number of fused-ring (bicyclic) bond motifs is 4. The summed E-state index contributed by atoms with van der Waals surface area (Å²) in [5.41, 5.74) is 1.67. The number of hydrogen-bond acceptors (Lipinski definition) is 8. The van der Waals surface area contributed by atoms with Crippen LogP contribution in [0.2, 0.25) is 0 Å². The van der Waals surface area contributed by atoms with Crippen LogP contribution in [0, 0.1) is 25.7 Å². The Kier molecular flexibility index (Phi) is 16.6. The molecule has 6 fully saturated rings. The van der Waals surface area contributed by atoms with Gasteiger partial charge in [-0.25, -0.2) is 17.6 Å². The average molecular weight is 1050 g/mol. The second-order valence-electron chi connectivity index (χ2n) is 23.0. The molecular weight excluding hydrogens is 957 g/mol. The first-order valence-electron chi connectivity index (χ1n) is 29.8. The number of hydrogen-bond donors (Lipinski definition) is 2. The van der Waals surface area contributed by atoms with Crippen LogP contribution >= 0.6 is 0 Å². The van der Waals surface area contributed by atoms with Gasteiger partial charge in [-0.2, -0.15) is 0 Å². The van der Waals surface area contributed by atoms with Gasteiger partial charge in [0, 0.05) is 104 Å². The van der Waals surface area contributed by atoms with E-state index in [0.29, 0.717) is 0 Å². The van der Waals surface area contributed by atoms with Crippen LogP contribution < -0.4 is 10.6 Å². The first-order valence-corrected chi connectivity index (χ1v) is 27.8. The number of carbonyl (C=O) groups excluding carboxylic acids is 2. The SMILES string of the molecule is C.[2H]C([2H])(C[C@H](NC(=O)C1CCC(F)(F)CC1)c1ccccc1)N1C2CCC1CC(n1c(C)nnc1C(C)C)C2.[2H]C([2H])(C[C@H](NC(=O)C1CCC(F)(F)CC1)c1ccccc1)N1C2CCC1CC(n1c(C)nnc1C(C)C)C2. The summed E-state index contributed by atoms with van der Waals surface area (Å²) in [5.74, 6) is -2.49. The van der Waals surface area contributed by atoms with Crippen LogP contribution in [0.15, 0.2) is 60.7 Å². The van der Waals surface area contributed by atoms with Gasteiger partial charge in [-0.05, 0) is 115 Å². The molecule has 2 aromatic carbocycles. The molecule has 4 unspecified atom stereocenters. The Balaban J connectivity index is 0.000000205. The van der Waals surface area contributed by atoms with E-state index < -0.39 is 48.8 Å². The standard InChI is InChI=1S/2C29H41F2N5O.CH4/c2*1-19(2)27-34-33-20(3)36(27)25-17-23-9-10-24(18-25)35(23)16-13-26(21-7-5-4-6-8-21)32-28(37)22-11-14-29(30,31)15-12-22;/h2*4-8,19,22-26H,9-18H2,1-3H3,(H,32,37);1H4/t2*23?,24?,25?,26-;/m00./s1/i2*16D2;. The maximum atomic E-state index is 13.7. The number of halogens is 4. The predicted molar refractivity (Wildman–Crippen MR) is 286 cm³/mol. The van der Waals surface area contributed by atoms with Crippen LogP contribution in [0.4, 0.5) is 17.6 Å². The lowest BCUT2D eigenvalue weighted by Crippen LogP contribution is -2.45. The van der Waals surface area contributed by atoms with E-state index in [9.17, 15) is 32.6 Å². The molecule has 2 aromatic heterocycles.